The number of aromatic nitrogens is 4. The molecule has 0 spiro atoms. The predicted octanol–water partition coefficient (Wildman–Crippen LogP) is 1.77. The highest BCUT2D eigenvalue weighted by Crippen LogP contribution is 2.28. The summed E-state index contributed by atoms with van der Waals surface area (Å²) in [6, 6.07) is 2.91. The Morgan fingerprint density at radius 1 is 1.20 bits per heavy atom. The minimum absolute atomic E-state index is 0.0783. The SMILES string of the molecule is COc1cnc2ccc(F)c(CN[C@@H]3CC[C@@H](NCc4cnc5c(n4)NC(=O)CS5)C[C@@H]3O)c2n1. The largest absolute Gasteiger partial charge is 0.480 e. The molecule has 1 amide bonds. The molecule has 0 saturated heterocycles. The lowest BCUT2D eigenvalue weighted by molar-refractivity contribution is -0.113. The Bertz CT molecular complexity index is 1250. The number of thioether (sulfide) groups is 1. The molecule has 3 atom stereocenters. The number of hydrogen-bond donors (Lipinski definition) is 4. The number of aliphatic hydroxyl groups is 1. The summed E-state index contributed by atoms with van der Waals surface area (Å²) in [5, 5.41) is 20.9. The van der Waals surface area contributed by atoms with Crippen LogP contribution in [0.25, 0.3) is 11.0 Å². The normalized spacial score (nSPS) is 22.0. The Kier molecular flexibility index (Phi) is 7.04. The summed E-state index contributed by atoms with van der Waals surface area (Å²) in [6.07, 6.45) is 4.73. The summed E-state index contributed by atoms with van der Waals surface area (Å²) in [5.41, 5.74) is 2.16. The van der Waals surface area contributed by atoms with E-state index in [4.69, 9.17) is 4.74 Å². The van der Waals surface area contributed by atoms with Gasteiger partial charge < -0.3 is 25.8 Å². The summed E-state index contributed by atoms with van der Waals surface area (Å²) in [4.78, 5) is 29.1. The molecule has 5 rings (SSSR count). The Morgan fingerprint density at radius 2 is 2.09 bits per heavy atom. The van der Waals surface area contributed by atoms with E-state index in [1.807, 2.05) is 0 Å². The third-order valence-corrected chi connectivity index (χ3v) is 7.24. The van der Waals surface area contributed by atoms with Gasteiger partial charge in [0.25, 0.3) is 0 Å². The number of anilines is 1. The predicted molar refractivity (Wildman–Crippen MR) is 129 cm³/mol. The van der Waals surface area contributed by atoms with Crippen molar-refractivity contribution in [3.8, 4) is 5.88 Å². The van der Waals surface area contributed by atoms with Crippen molar-refractivity contribution in [2.45, 2.75) is 55.6 Å². The second-order valence-corrected chi connectivity index (χ2v) is 9.57. The Morgan fingerprint density at radius 3 is 2.91 bits per heavy atom. The maximum Gasteiger partial charge on any atom is 0.236 e. The van der Waals surface area contributed by atoms with Gasteiger partial charge in [0.05, 0.1) is 42.6 Å². The maximum absolute atomic E-state index is 14.6. The molecule has 0 bridgehead atoms. The summed E-state index contributed by atoms with van der Waals surface area (Å²) in [7, 11) is 1.49. The summed E-state index contributed by atoms with van der Waals surface area (Å²) in [5.74, 6) is 0.717. The average Bonchev–Trinajstić information content (AvgIpc) is 2.87. The van der Waals surface area contributed by atoms with E-state index in [2.05, 4.69) is 35.9 Å². The van der Waals surface area contributed by atoms with Crippen LogP contribution in [-0.4, -0.2) is 62.0 Å². The molecule has 184 valence electrons. The third kappa shape index (κ3) is 5.35. The topological polar surface area (TPSA) is 134 Å². The number of hydrogen-bond acceptors (Lipinski definition) is 10. The van der Waals surface area contributed by atoms with Gasteiger partial charge in [0.1, 0.15) is 16.4 Å². The fourth-order valence-corrected chi connectivity index (χ4v) is 5.10. The van der Waals surface area contributed by atoms with E-state index in [0.29, 0.717) is 47.0 Å². The van der Waals surface area contributed by atoms with Crippen LogP contribution < -0.4 is 20.7 Å². The number of ether oxygens (including phenoxy) is 1. The van der Waals surface area contributed by atoms with Crippen LogP contribution in [0.3, 0.4) is 0 Å². The summed E-state index contributed by atoms with van der Waals surface area (Å²) in [6.45, 7) is 0.706. The van der Waals surface area contributed by atoms with Crippen molar-refractivity contribution in [2.75, 3.05) is 18.2 Å². The second kappa shape index (κ2) is 10.4. The van der Waals surface area contributed by atoms with E-state index in [1.54, 1.807) is 12.3 Å². The number of methoxy groups -OCH3 is 1. The fourth-order valence-electron chi connectivity index (χ4n) is 4.40. The first-order valence-electron chi connectivity index (χ1n) is 11.4. The lowest BCUT2D eigenvalue weighted by Crippen LogP contribution is -2.48. The Labute approximate surface area is 205 Å². The monoisotopic (exact) mass is 499 g/mol. The highest BCUT2D eigenvalue weighted by molar-refractivity contribution is 8.00. The molecule has 2 aromatic heterocycles. The molecule has 35 heavy (non-hydrogen) atoms. The zero-order valence-corrected chi connectivity index (χ0v) is 19.9. The van der Waals surface area contributed by atoms with Gasteiger partial charge in [0.15, 0.2) is 5.82 Å². The van der Waals surface area contributed by atoms with Crippen LogP contribution in [0.4, 0.5) is 10.2 Å². The molecule has 1 aliphatic carbocycles. The molecule has 3 aromatic rings. The minimum Gasteiger partial charge on any atom is -0.480 e. The van der Waals surface area contributed by atoms with Crippen LogP contribution >= 0.6 is 11.8 Å². The van der Waals surface area contributed by atoms with Crippen LogP contribution in [0.2, 0.25) is 0 Å². The average molecular weight is 500 g/mol. The molecule has 1 saturated carbocycles. The Hall–Kier alpha value is -2.93. The summed E-state index contributed by atoms with van der Waals surface area (Å²) < 4.78 is 19.7. The maximum atomic E-state index is 14.6. The van der Waals surface area contributed by atoms with Gasteiger partial charge in [-0.3, -0.25) is 4.79 Å². The molecule has 2 aliphatic rings. The van der Waals surface area contributed by atoms with Crippen molar-refractivity contribution in [3.05, 3.63) is 41.6 Å². The molecule has 4 N–H and O–H groups in total. The number of aliphatic hydroxyl groups excluding tert-OH is 1. The molecule has 1 aromatic carbocycles. The number of nitrogens with one attached hydrogen (secondary N) is 3. The van der Waals surface area contributed by atoms with Crippen molar-refractivity contribution in [1.82, 2.24) is 30.6 Å². The van der Waals surface area contributed by atoms with E-state index < -0.39 is 6.10 Å². The molecule has 0 radical (unpaired) electrons. The van der Waals surface area contributed by atoms with E-state index >= 15 is 0 Å². The number of halogens is 1. The zero-order chi connectivity index (χ0) is 24.4. The van der Waals surface area contributed by atoms with E-state index in [-0.39, 0.29) is 30.4 Å². The number of benzene rings is 1. The van der Waals surface area contributed by atoms with Crippen LogP contribution in [-0.2, 0) is 17.9 Å². The highest BCUT2D eigenvalue weighted by atomic mass is 32.2. The molecule has 0 unspecified atom stereocenters. The van der Waals surface area contributed by atoms with Crippen molar-refractivity contribution >= 4 is 34.5 Å². The van der Waals surface area contributed by atoms with Gasteiger partial charge in [-0.25, -0.2) is 24.3 Å². The Balaban J connectivity index is 1.16. The minimum atomic E-state index is -0.592. The number of fused-ring (bicyclic) bond motifs is 2. The van der Waals surface area contributed by atoms with Crippen LogP contribution in [0.15, 0.2) is 29.6 Å². The lowest BCUT2D eigenvalue weighted by Gasteiger charge is -2.34. The first kappa shape index (κ1) is 23.8. The van der Waals surface area contributed by atoms with Crippen LogP contribution in [0.5, 0.6) is 5.88 Å². The number of carbonyl (C=O) groups excluding carboxylic acids is 1. The molecule has 3 heterocycles. The van der Waals surface area contributed by atoms with Gasteiger partial charge in [0.2, 0.25) is 11.8 Å². The first-order chi connectivity index (χ1) is 17.0. The van der Waals surface area contributed by atoms with Gasteiger partial charge in [0, 0.05) is 30.7 Å². The van der Waals surface area contributed by atoms with Crippen molar-refractivity contribution < 1.29 is 19.0 Å². The third-order valence-electron chi connectivity index (χ3n) is 6.27. The highest BCUT2D eigenvalue weighted by Gasteiger charge is 2.29. The second-order valence-electron chi connectivity index (χ2n) is 8.60. The van der Waals surface area contributed by atoms with Gasteiger partial charge >= 0.3 is 0 Å². The first-order valence-corrected chi connectivity index (χ1v) is 12.4. The lowest BCUT2D eigenvalue weighted by atomic mass is 9.88. The smallest absolute Gasteiger partial charge is 0.236 e. The van der Waals surface area contributed by atoms with Gasteiger partial charge in [-0.2, -0.15) is 0 Å². The molecule has 1 aliphatic heterocycles. The molecule has 10 nitrogen and oxygen atoms in total. The van der Waals surface area contributed by atoms with E-state index in [1.165, 1.54) is 31.1 Å². The number of rotatable bonds is 7. The van der Waals surface area contributed by atoms with Gasteiger partial charge in [-0.1, -0.05) is 11.8 Å². The van der Waals surface area contributed by atoms with Crippen LogP contribution in [0.1, 0.15) is 30.5 Å². The number of amides is 1. The standard InChI is InChI=1S/C23H26FN7O3S/c1-34-20-10-27-17-5-3-15(24)14(21(17)31-20)9-26-16-4-2-12(6-18(16)32)25-7-13-8-28-23-22(29-13)30-19(33)11-35-23/h3,5,8,10,12,16,18,25-26,32H,2,4,6-7,9,11H2,1H3,(H,29,30,33)/t12-,16-,18+/m1/s1. The van der Waals surface area contributed by atoms with Gasteiger partial charge in [-0.05, 0) is 31.4 Å². The molecule has 1 fully saturated rings. The van der Waals surface area contributed by atoms with E-state index in [9.17, 15) is 14.3 Å². The van der Waals surface area contributed by atoms with Gasteiger partial charge in [-0.15, -0.1) is 0 Å². The number of carbonyl (C=O) groups is 1. The molecular formula is C23H26FN7O3S. The van der Waals surface area contributed by atoms with Crippen LogP contribution in [0, 0.1) is 5.82 Å². The van der Waals surface area contributed by atoms with Crippen molar-refractivity contribution in [3.63, 3.8) is 0 Å². The molecule has 12 heteroatoms. The van der Waals surface area contributed by atoms with Crippen molar-refractivity contribution in [2.24, 2.45) is 0 Å². The quantitative estimate of drug-likeness (QED) is 0.381. The van der Waals surface area contributed by atoms with E-state index in [0.717, 1.165) is 23.6 Å². The zero-order valence-electron chi connectivity index (χ0n) is 19.1. The molecular weight excluding hydrogens is 473 g/mol. The van der Waals surface area contributed by atoms with Crippen molar-refractivity contribution in [1.29, 1.82) is 0 Å². The fraction of sp³-hybridized carbons (Fsp3) is 0.435. The summed E-state index contributed by atoms with van der Waals surface area (Å²) >= 11 is 1.38. The number of nitrogens with zero attached hydrogens (tertiary/aromatic N) is 4.